The van der Waals surface area contributed by atoms with Gasteiger partial charge in [0.05, 0.1) is 22.3 Å². The van der Waals surface area contributed by atoms with Crippen LogP contribution in [0.2, 0.25) is 0 Å². The second-order valence-electron chi connectivity index (χ2n) is 9.64. The molecule has 0 aliphatic carbocycles. The van der Waals surface area contributed by atoms with Crippen molar-refractivity contribution in [2.75, 3.05) is 13.1 Å². The van der Waals surface area contributed by atoms with E-state index in [-0.39, 0.29) is 24.4 Å². The Balaban J connectivity index is 1.26. The Bertz CT molecular complexity index is 1480. The summed E-state index contributed by atoms with van der Waals surface area (Å²) in [5, 5.41) is 3.35. The van der Waals surface area contributed by atoms with Crippen molar-refractivity contribution in [3.05, 3.63) is 106 Å². The molecule has 1 aliphatic rings. The third-order valence-corrected chi connectivity index (χ3v) is 6.85. The summed E-state index contributed by atoms with van der Waals surface area (Å²) >= 11 is 0. The lowest BCUT2D eigenvalue weighted by Crippen LogP contribution is -2.27. The summed E-state index contributed by atoms with van der Waals surface area (Å²) in [5.41, 5.74) is 3.57. The number of ketones is 2. The Kier molecular flexibility index (Phi) is 7.33. The summed E-state index contributed by atoms with van der Waals surface area (Å²) < 4.78 is 38.8. The molecule has 1 saturated heterocycles. The fourth-order valence-electron chi connectivity index (χ4n) is 4.80. The molecule has 0 spiro atoms. The van der Waals surface area contributed by atoms with Gasteiger partial charge in [-0.2, -0.15) is 13.2 Å². The number of Topliss-reactive ketones (excluding diaryl/α,β-unsaturated/α-hetero) is 1. The van der Waals surface area contributed by atoms with Crippen molar-refractivity contribution in [2.45, 2.75) is 37.8 Å². The van der Waals surface area contributed by atoms with Gasteiger partial charge in [0.15, 0.2) is 5.78 Å². The number of hydrogen-bond acceptors (Lipinski definition) is 5. The van der Waals surface area contributed by atoms with E-state index in [1.807, 2.05) is 6.20 Å². The fraction of sp³-hybridized carbons (Fsp3) is 0.267. The molecular weight excluding hydrogens is 491 g/mol. The Morgan fingerprint density at radius 1 is 0.842 bits per heavy atom. The average Bonchev–Trinajstić information content (AvgIpc) is 2.92. The highest BCUT2D eigenvalue weighted by Gasteiger charge is 2.30. The first-order valence-electron chi connectivity index (χ1n) is 12.6. The number of hydrogen-bond donors (Lipinski definition) is 1. The van der Waals surface area contributed by atoms with Crippen molar-refractivity contribution in [2.24, 2.45) is 0 Å². The molecule has 0 radical (unpaired) electrons. The molecule has 4 aromatic rings. The zero-order valence-electron chi connectivity index (χ0n) is 20.6. The highest BCUT2D eigenvalue weighted by molar-refractivity contribution is 6.10. The normalized spacial score (nSPS) is 14.5. The third kappa shape index (κ3) is 5.97. The topological polar surface area (TPSA) is 72.0 Å². The van der Waals surface area contributed by atoms with Crippen LogP contribution < -0.4 is 5.32 Å². The van der Waals surface area contributed by atoms with E-state index in [4.69, 9.17) is 4.98 Å². The summed E-state index contributed by atoms with van der Waals surface area (Å²) in [7, 11) is 0. The molecule has 5 nitrogen and oxygen atoms in total. The van der Waals surface area contributed by atoms with E-state index >= 15 is 0 Å². The molecule has 2 heterocycles. The molecule has 1 aromatic heterocycles. The lowest BCUT2D eigenvalue weighted by Gasteiger charge is -2.21. The molecule has 0 bridgehead atoms. The molecule has 0 saturated carbocycles. The number of benzene rings is 3. The smallest absolute Gasteiger partial charge is 0.317 e. The summed E-state index contributed by atoms with van der Waals surface area (Å²) in [6.45, 7) is 1.91. The van der Waals surface area contributed by atoms with Gasteiger partial charge >= 0.3 is 6.18 Å². The lowest BCUT2D eigenvalue weighted by molar-refractivity contribution is -0.137. The van der Waals surface area contributed by atoms with Crippen molar-refractivity contribution in [3.63, 3.8) is 0 Å². The molecule has 0 unspecified atom stereocenters. The first-order chi connectivity index (χ1) is 18.3. The SMILES string of the molecule is O=C(Cc1ccc(C(=O)c2ccc3ncc(C4CCNCC4)nc3c2)cc1)Cc1cccc(C(F)(F)F)c1. The second kappa shape index (κ2) is 10.8. The van der Waals surface area contributed by atoms with Gasteiger partial charge in [0.1, 0.15) is 5.78 Å². The van der Waals surface area contributed by atoms with Crippen LogP contribution in [0.1, 0.15) is 57.1 Å². The zero-order chi connectivity index (χ0) is 26.7. The van der Waals surface area contributed by atoms with Crippen molar-refractivity contribution in [1.82, 2.24) is 15.3 Å². The molecule has 0 amide bonds. The molecule has 0 atom stereocenters. The molecule has 1 fully saturated rings. The summed E-state index contributed by atoms with van der Waals surface area (Å²) in [6.07, 6.45) is -0.639. The number of nitrogens with one attached hydrogen (secondary N) is 1. The minimum atomic E-state index is -4.45. The number of halogens is 3. The quantitative estimate of drug-likeness (QED) is 0.319. The largest absolute Gasteiger partial charge is 0.416 e. The fourth-order valence-corrected chi connectivity index (χ4v) is 4.80. The van der Waals surface area contributed by atoms with Gasteiger partial charge < -0.3 is 5.32 Å². The maximum Gasteiger partial charge on any atom is 0.416 e. The monoisotopic (exact) mass is 517 g/mol. The van der Waals surface area contributed by atoms with Crippen LogP contribution in [0.3, 0.4) is 0 Å². The van der Waals surface area contributed by atoms with E-state index < -0.39 is 11.7 Å². The lowest BCUT2D eigenvalue weighted by atomic mass is 9.95. The van der Waals surface area contributed by atoms with E-state index in [9.17, 15) is 22.8 Å². The van der Waals surface area contributed by atoms with Crippen LogP contribution in [0.15, 0.2) is 72.9 Å². The molecule has 1 N–H and O–H groups in total. The third-order valence-electron chi connectivity index (χ3n) is 6.85. The van der Waals surface area contributed by atoms with Crippen LogP contribution in [0.5, 0.6) is 0 Å². The molecular formula is C30H26F3N3O2. The van der Waals surface area contributed by atoms with Gasteiger partial charge in [-0.25, -0.2) is 4.98 Å². The van der Waals surface area contributed by atoms with Crippen molar-refractivity contribution in [1.29, 1.82) is 0 Å². The van der Waals surface area contributed by atoms with E-state index in [2.05, 4.69) is 10.3 Å². The van der Waals surface area contributed by atoms with Gasteiger partial charge in [-0.1, -0.05) is 42.5 Å². The van der Waals surface area contributed by atoms with Crippen molar-refractivity contribution in [3.8, 4) is 0 Å². The zero-order valence-corrected chi connectivity index (χ0v) is 20.6. The van der Waals surface area contributed by atoms with E-state index in [1.165, 1.54) is 12.1 Å². The number of carbonyl (C=O) groups is 2. The number of piperidine rings is 1. The molecule has 38 heavy (non-hydrogen) atoms. The second-order valence-corrected chi connectivity index (χ2v) is 9.64. The van der Waals surface area contributed by atoms with Crippen molar-refractivity contribution >= 4 is 22.6 Å². The van der Waals surface area contributed by atoms with Gasteiger partial charge in [0, 0.05) is 36.1 Å². The Labute approximate surface area is 218 Å². The van der Waals surface area contributed by atoms with Crippen LogP contribution in [-0.4, -0.2) is 34.6 Å². The van der Waals surface area contributed by atoms with Gasteiger partial charge in [-0.15, -0.1) is 0 Å². The van der Waals surface area contributed by atoms with Crippen molar-refractivity contribution < 1.29 is 22.8 Å². The first-order valence-corrected chi connectivity index (χ1v) is 12.6. The van der Waals surface area contributed by atoms with Gasteiger partial charge in [-0.05, 0) is 61.3 Å². The number of fused-ring (bicyclic) bond motifs is 1. The van der Waals surface area contributed by atoms with E-state index in [1.54, 1.807) is 42.5 Å². The number of alkyl halides is 3. The number of rotatable bonds is 7. The van der Waals surface area contributed by atoms with Crippen LogP contribution in [-0.2, 0) is 23.8 Å². The highest BCUT2D eigenvalue weighted by Crippen LogP contribution is 2.30. The highest BCUT2D eigenvalue weighted by atomic mass is 19.4. The number of nitrogens with zero attached hydrogens (tertiary/aromatic N) is 2. The number of carbonyl (C=O) groups excluding carboxylic acids is 2. The van der Waals surface area contributed by atoms with Gasteiger partial charge in [0.25, 0.3) is 0 Å². The van der Waals surface area contributed by atoms with Gasteiger partial charge in [0.2, 0.25) is 0 Å². The van der Waals surface area contributed by atoms with Crippen LogP contribution in [0, 0.1) is 0 Å². The maximum atomic E-state index is 13.1. The molecule has 1 aliphatic heterocycles. The standard InChI is InChI=1S/C30H26F3N3O2/c31-30(32,33)24-3-1-2-20(14-24)16-25(37)15-19-4-6-22(7-5-19)29(38)23-8-9-26-27(17-23)36-28(18-35-26)21-10-12-34-13-11-21/h1-9,14,17-18,21,34H,10-13,15-16H2. The molecule has 3 aromatic carbocycles. The first kappa shape index (κ1) is 25.7. The Hall–Kier alpha value is -3.91. The Morgan fingerprint density at radius 3 is 2.29 bits per heavy atom. The van der Waals surface area contributed by atoms with E-state index in [0.29, 0.717) is 33.7 Å². The maximum absolute atomic E-state index is 13.1. The molecule has 5 rings (SSSR count). The molecule has 194 valence electrons. The number of aromatic nitrogens is 2. The Morgan fingerprint density at radius 2 is 1.55 bits per heavy atom. The minimum Gasteiger partial charge on any atom is -0.317 e. The molecule has 8 heteroatoms. The predicted molar refractivity (Wildman–Crippen MR) is 138 cm³/mol. The summed E-state index contributed by atoms with van der Waals surface area (Å²) in [6, 6.07) is 16.8. The van der Waals surface area contributed by atoms with Crippen LogP contribution in [0.4, 0.5) is 13.2 Å². The average molecular weight is 518 g/mol. The van der Waals surface area contributed by atoms with Gasteiger partial charge in [-0.3, -0.25) is 14.6 Å². The summed E-state index contributed by atoms with van der Waals surface area (Å²) in [5.74, 6) is -0.0137. The summed E-state index contributed by atoms with van der Waals surface area (Å²) in [4.78, 5) is 35.0. The van der Waals surface area contributed by atoms with E-state index in [0.717, 1.165) is 49.3 Å². The van der Waals surface area contributed by atoms with Crippen LogP contribution in [0.25, 0.3) is 11.0 Å². The minimum absolute atomic E-state index is 0.0652. The van der Waals surface area contributed by atoms with Crippen LogP contribution >= 0.6 is 0 Å². The predicted octanol–water partition coefficient (Wildman–Crippen LogP) is 5.70.